The normalized spacial score (nSPS) is 13.8. The van der Waals surface area contributed by atoms with Gasteiger partial charge in [-0.3, -0.25) is 0 Å². The van der Waals surface area contributed by atoms with E-state index in [1.807, 2.05) is 82.3 Å². The van der Waals surface area contributed by atoms with Gasteiger partial charge < -0.3 is 9.29 Å². The summed E-state index contributed by atoms with van der Waals surface area (Å²) in [6.45, 7) is 7.61. The number of hydrogen-bond donors (Lipinski definition) is 0. The van der Waals surface area contributed by atoms with Gasteiger partial charge in [-0.1, -0.05) is 22.6 Å². The molecule has 0 aliphatic rings. The molecule has 0 radical (unpaired) electrons. The second-order valence-corrected chi connectivity index (χ2v) is 7.88. The molecule has 0 fully saturated rings. The van der Waals surface area contributed by atoms with E-state index in [-0.39, 0.29) is 4.75 Å². The molecule has 2 aromatic carbocycles. The van der Waals surface area contributed by atoms with Crippen LogP contribution in [0.4, 0.5) is 0 Å². The summed E-state index contributed by atoms with van der Waals surface area (Å²) in [7, 11) is 0. The van der Waals surface area contributed by atoms with Crippen LogP contribution in [0.25, 0.3) is 0 Å². The molecule has 0 amide bonds. The van der Waals surface area contributed by atoms with E-state index in [1.54, 1.807) is 0 Å². The summed E-state index contributed by atoms with van der Waals surface area (Å²) in [5.74, 6) is 1.56. The smallest absolute Gasteiger partial charge is 0.144 e. The van der Waals surface area contributed by atoms with Gasteiger partial charge in [-0.05, 0) is 64.1 Å². The summed E-state index contributed by atoms with van der Waals surface area (Å²) in [5, 5.41) is 0. The Morgan fingerprint density at radius 3 is 2.05 bits per heavy atom. The molecule has 0 saturated carbocycles. The van der Waals surface area contributed by atoms with Crippen molar-refractivity contribution in [1.82, 2.24) is 0 Å². The van der Waals surface area contributed by atoms with E-state index in [0.29, 0.717) is 0 Å². The SMILES string of the molecule is CC(=N[S+]([O-])C(C)(C)C)c1ccc(Oc2ccccc2)cc1. The zero-order chi connectivity index (χ0) is 16.2. The predicted octanol–water partition coefficient (Wildman–Crippen LogP) is 4.75. The third-order valence-electron chi connectivity index (χ3n) is 2.99. The predicted molar refractivity (Wildman–Crippen MR) is 93.1 cm³/mol. The zero-order valence-electron chi connectivity index (χ0n) is 13.4. The topological polar surface area (TPSA) is 44.7 Å². The maximum atomic E-state index is 12.1. The number of para-hydroxylation sites is 1. The van der Waals surface area contributed by atoms with Crippen LogP contribution in [0, 0.1) is 0 Å². The van der Waals surface area contributed by atoms with Crippen LogP contribution in [0.3, 0.4) is 0 Å². The van der Waals surface area contributed by atoms with Crippen LogP contribution >= 0.6 is 0 Å². The van der Waals surface area contributed by atoms with Crippen LogP contribution in [-0.4, -0.2) is 15.0 Å². The van der Waals surface area contributed by atoms with Gasteiger partial charge in [-0.25, -0.2) is 0 Å². The Kier molecular flexibility index (Phi) is 5.27. The highest BCUT2D eigenvalue weighted by Gasteiger charge is 2.26. The van der Waals surface area contributed by atoms with Crippen molar-refractivity contribution in [3.8, 4) is 11.5 Å². The molecule has 1 atom stereocenters. The van der Waals surface area contributed by atoms with Crippen LogP contribution in [-0.2, 0) is 11.4 Å². The first-order chi connectivity index (χ1) is 10.4. The van der Waals surface area contributed by atoms with Crippen LogP contribution in [0.15, 0.2) is 59.0 Å². The van der Waals surface area contributed by atoms with Crippen LogP contribution in [0.1, 0.15) is 33.3 Å². The second-order valence-electron chi connectivity index (χ2n) is 5.98. The molecule has 0 bridgehead atoms. The van der Waals surface area contributed by atoms with E-state index in [2.05, 4.69) is 4.40 Å². The quantitative estimate of drug-likeness (QED) is 0.603. The highest BCUT2D eigenvalue weighted by atomic mass is 32.2. The molecular weight excluding hydrogens is 294 g/mol. The van der Waals surface area contributed by atoms with Crippen LogP contribution in [0.2, 0.25) is 0 Å². The molecule has 2 rings (SSSR count). The molecule has 22 heavy (non-hydrogen) atoms. The maximum absolute atomic E-state index is 12.1. The van der Waals surface area contributed by atoms with Crippen LogP contribution in [0.5, 0.6) is 11.5 Å². The molecule has 1 unspecified atom stereocenters. The van der Waals surface area contributed by atoms with Gasteiger partial charge in [-0.2, -0.15) is 0 Å². The lowest BCUT2D eigenvalue weighted by Crippen LogP contribution is -2.26. The molecule has 0 heterocycles. The van der Waals surface area contributed by atoms with Crippen molar-refractivity contribution in [3.05, 3.63) is 60.2 Å². The fourth-order valence-corrected chi connectivity index (χ4v) is 2.33. The van der Waals surface area contributed by atoms with E-state index in [4.69, 9.17) is 4.74 Å². The Bertz CT molecular complexity index is 630. The van der Waals surface area contributed by atoms with Crippen molar-refractivity contribution in [1.29, 1.82) is 0 Å². The third-order valence-corrected chi connectivity index (χ3v) is 4.48. The third kappa shape index (κ3) is 4.61. The summed E-state index contributed by atoms with van der Waals surface area (Å²) in [4.78, 5) is 0. The highest BCUT2D eigenvalue weighted by Crippen LogP contribution is 2.22. The zero-order valence-corrected chi connectivity index (χ0v) is 14.2. The van der Waals surface area contributed by atoms with Crippen LogP contribution < -0.4 is 4.74 Å². The van der Waals surface area contributed by atoms with Crippen molar-refractivity contribution in [2.45, 2.75) is 32.4 Å². The first-order valence-electron chi connectivity index (χ1n) is 7.17. The van der Waals surface area contributed by atoms with Gasteiger partial charge in [0.1, 0.15) is 27.6 Å². The average Bonchev–Trinajstić information content (AvgIpc) is 2.48. The van der Waals surface area contributed by atoms with E-state index in [0.717, 1.165) is 22.8 Å². The fraction of sp³-hybridized carbons (Fsp3) is 0.278. The minimum absolute atomic E-state index is 0.350. The van der Waals surface area contributed by atoms with Crippen molar-refractivity contribution < 1.29 is 9.29 Å². The summed E-state index contributed by atoms with van der Waals surface area (Å²) < 4.78 is 21.7. The van der Waals surface area contributed by atoms with Crippen molar-refractivity contribution in [2.24, 2.45) is 4.40 Å². The van der Waals surface area contributed by atoms with Gasteiger partial charge in [0, 0.05) is 5.56 Å². The molecule has 0 aliphatic carbocycles. The number of rotatable bonds is 4. The molecule has 4 heteroatoms. The molecule has 3 nitrogen and oxygen atoms in total. The molecular formula is C18H21NO2S. The van der Waals surface area contributed by atoms with E-state index in [9.17, 15) is 4.55 Å². The lowest BCUT2D eigenvalue weighted by molar-refractivity contribution is 0.482. The number of benzene rings is 2. The van der Waals surface area contributed by atoms with E-state index < -0.39 is 11.4 Å². The lowest BCUT2D eigenvalue weighted by atomic mass is 10.1. The largest absolute Gasteiger partial charge is 0.591 e. The Morgan fingerprint density at radius 2 is 1.50 bits per heavy atom. The van der Waals surface area contributed by atoms with Gasteiger partial charge >= 0.3 is 0 Å². The first kappa shape index (κ1) is 16.6. The average molecular weight is 315 g/mol. The first-order valence-corrected chi connectivity index (χ1v) is 8.27. The Hall–Kier alpha value is -1.78. The number of hydrogen-bond acceptors (Lipinski definition) is 3. The highest BCUT2D eigenvalue weighted by molar-refractivity contribution is 7.91. The molecule has 116 valence electrons. The monoisotopic (exact) mass is 315 g/mol. The molecule has 0 aliphatic heterocycles. The summed E-state index contributed by atoms with van der Waals surface area (Å²) in [6.07, 6.45) is 0. The van der Waals surface area contributed by atoms with Crippen molar-refractivity contribution in [2.75, 3.05) is 0 Å². The minimum Gasteiger partial charge on any atom is -0.591 e. The second kappa shape index (κ2) is 6.99. The van der Waals surface area contributed by atoms with Gasteiger partial charge in [0.25, 0.3) is 0 Å². The van der Waals surface area contributed by atoms with Gasteiger partial charge in [-0.15, -0.1) is 0 Å². The van der Waals surface area contributed by atoms with Gasteiger partial charge in [0.05, 0.1) is 5.71 Å². The molecule has 0 N–H and O–H groups in total. The molecule has 0 saturated heterocycles. The lowest BCUT2D eigenvalue weighted by Gasteiger charge is -2.18. The van der Waals surface area contributed by atoms with Gasteiger partial charge in [0.15, 0.2) is 0 Å². The molecule has 2 aromatic rings. The number of nitrogens with zero attached hydrogens (tertiary/aromatic N) is 1. The van der Waals surface area contributed by atoms with Crippen molar-refractivity contribution in [3.63, 3.8) is 0 Å². The maximum Gasteiger partial charge on any atom is 0.144 e. The van der Waals surface area contributed by atoms with Crippen molar-refractivity contribution >= 4 is 17.1 Å². The summed E-state index contributed by atoms with van der Waals surface area (Å²) >= 11 is -1.25. The fourth-order valence-electron chi connectivity index (χ4n) is 1.70. The Labute approximate surface area is 135 Å². The summed E-state index contributed by atoms with van der Waals surface area (Å²) in [6, 6.07) is 17.3. The summed E-state index contributed by atoms with van der Waals surface area (Å²) in [5.41, 5.74) is 1.71. The molecule has 0 spiro atoms. The Morgan fingerprint density at radius 1 is 0.955 bits per heavy atom. The van der Waals surface area contributed by atoms with E-state index >= 15 is 0 Å². The minimum atomic E-state index is -1.25. The Balaban J connectivity index is 2.10. The van der Waals surface area contributed by atoms with Gasteiger partial charge in [0.2, 0.25) is 0 Å². The standard InChI is InChI=1S/C18H21NO2S/c1-14(19-22(20)18(2,3)4)15-10-12-17(13-11-15)21-16-8-6-5-7-9-16/h5-13H,1-4H3. The molecule has 0 aromatic heterocycles. The van der Waals surface area contributed by atoms with E-state index in [1.165, 1.54) is 0 Å². The number of ether oxygens (including phenoxy) is 1.